The Bertz CT molecular complexity index is 403. The molecule has 1 aliphatic heterocycles. The van der Waals surface area contributed by atoms with Gasteiger partial charge in [-0.25, -0.2) is 0 Å². The summed E-state index contributed by atoms with van der Waals surface area (Å²) < 4.78 is 12.1. The Kier molecular flexibility index (Phi) is 1.77. The number of rotatable bonds is 3. The van der Waals surface area contributed by atoms with Crippen molar-refractivity contribution in [1.82, 2.24) is 5.17 Å². The maximum absolute atomic E-state index is 12.1. The van der Waals surface area contributed by atoms with Crippen molar-refractivity contribution in [3.8, 4) is 5.75 Å². The van der Waals surface area contributed by atoms with Crippen LogP contribution in [-0.4, -0.2) is 16.2 Å². The fraction of sp³-hybridized carbons (Fsp3) is 0. The van der Waals surface area contributed by atoms with Crippen LogP contribution in [-0.2, 0) is 0 Å². The van der Waals surface area contributed by atoms with Gasteiger partial charge in [0.15, 0.2) is 5.75 Å². The van der Waals surface area contributed by atoms with E-state index in [-0.39, 0.29) is 11.4 Å². The van der Waals surface area contributed by atoms with Gasteiger partial charge in [-0.15, -0.1) is 0 Å². The standard InChI is InChI=1S/C7H4FN3O3/c8-7-9-10(7)14-6-3-1-5(2-4-6)11(12)13/h1-4H. The maximum Gasteiger partial charge on any atom is 0.361 e. The zero-order valence-corrected chi connectivity index (χ0v) is 6.75. The smallest absolute Gasteiger partial charge is 0.354 e. The second kappa shape index (κ2) is 2.95. The first-order valence-corrected chi connectivity index (χ1v) is 3.63. The van der Waals surface area contributed by atoms with Gasteiger partial charge in [0.1, 0.15) is 0 Å². The molecule has 7 heteroatoms. The molecule has 0 fully saturated rings. The number of nitrogens with zero attached hydrogens (tertiary/aromatic N) is 3. The number of non-ortho nitro benzene ring substituents is 1. The molecule has 1 aromatic rings. The van der Waals surface area contributed by atoms with Gasteiger partial charge in [-0.05, 0) is 17.3 Å². The van der Waals surface area contributed by atoms with E-state index in [9.17, 15) is 14.5 Å². The van der Waals surface area contributed by atoms with E-state index >= 15 is 0 Å². The molecule has 0 saturated heterocycles. The van der Waals surface area contributed by atoms with Gasteiger partial charge in [0.05, 0.1) is 4.92 Å². The number of hydrogen-bond acceptors (Lipinski definition) is 5. The van der Waals surface area contributed by atoms with Crippen molar-refractivity contribution >= 4 is 11.8 Å². The number of hydrazone groups is 1. The summed E-state index contributed by atoms with van der Waals surface area (Å²) >= 11 is 0. The Labute approximate surface area is 77.3 Å². The zero-order valence-electron chi connectivity index (χ0n) is 6.75. The normalized spacial score (nSPS) is 13.5. The van der Waals surface area contributed by atoms with Gasteiger partial charge >= 0.3 is 6.09 Å². The predicted molar refractivity (Wildman–Crippen MR) is 44.1 cm³/mol. The summed E-state index contributed by atoms with van der Waals surface area (Å²) in [7, 11) is 0. The molecule has 0 bridgehead atoms. The highest BCUT2D eigenvalue weighted by molar-refractivity contribution is 5.80. The monoisotopic (exact) mass is 197 g/mol. The van der Waals surface area contributed by atoms with Gasteiger partial charge in [-0.1, -0.05) is 5.10 Å². The average Bonchev–Trinajstić information content (AvgIpc) is 2.82. The Balaban J connectivity index is 2.03. The highest BCUT2D eigenvalue weighted by Crippen LogP contribution is 2.21. The van der Waals surface area contributed by atoms with Gasteiger partial charge in [0.2, 0.25) is 0 Å². The van der Waals surface area contributed by atoms with E-state index in [0.29, 0.717) is 5.17 Å². The summed E-state index contributed by atoms with van der Waals surface area (Å²) in [6, 6.07) is 5.24. The molecule has 0 amide bonds. The molecule has 1 aromatic carbocycles. The van der Waals surface area contributed by atoms with Crippen molar-refractivity contribution in [3.63, 3.8) is 0 Å². The third kappa shape index (κ3) is 1.60. The molecule has 0 N–H and O–H groups in total. The molecule has 2 rings (SSSR count). The number of amidine groups is 1. The minimum atomic E-state index is -0.719. The molecule has 0 aromatic heterocycles. The van der Waals surface area contributed by atoms with Gasteiger partial charge in [-0.2, -0.15) is 4.39 Å². The van der Waals surface area contributed by atoms with Crippen molar-refractivity contribution < 1.29 is 14.2 Å². The number of nitro benzene ring substituents is 1. The van der Waals surface area contributed by atoms with Crippen LogP contribution in [0.15, 0.2) is 29.4 Å². The summed E-state index contributed by atoms with van der Waals surface area (Å²) in [6.45, 7) is 0. The first-order chi connectivity index (χ1) is 6.66. The van der Waals surface area contributed by atoms with Crippen LogP contribution in [0.5, 0.6) is 5.75 Å². The highest BCUT2D eigenvalue weighted by Gasteiger charge is 2.26. The third-order valence-electron chi connectivity index (χ3n) is 1.53. The molecular formula is C7H4FN3O3. The van der Waals surface area contributed by atoms with Crippen molar-refractivity contribution in [3.05, 3.63) is 34.4 Å². The lowest BCUT2D eigenvalue weighted by atomic mass is 10.3. The van der Waals surface area contributed by atoms with Crippen LogP contribution < -0.4 is 4.84 Å². The highest BCUT2D eigenvalue weighted by atomic mass is 19.1. The lowest BCUT2D eigenvalue weighted by Gasteiger charge is -2.01. The van der Waals surface area contributed by atoms with Gasteiger partial charge < -0.3 is 4.84 Å². The van der Waals surface area contributed by atoms with Crippen molar-refractivity contribution in [2.75, 3.05) is 0 Å². The number of halogens is 1. The summed E-state index contributed by atoms with van der Waals surface area (Å²) in [5.74, 6) is 0.284. The van der Waals surface area contributed by atoms with Crippen LogP contribution >= 0.6 is 0 Å². The minimum absolute atomic E-state index is 0.0514. The summed E-state index contributed by atoms with van der Waals surface area (Å²) in [5.41, 5.74) is -0.0514. The predicted octanol–water partition coefficient (Wildman–Crippen LogP) is 1.44. The number of benzene rings is 1. The molecule has 0 radical (unpaired) electrons. The third-order valence-corrected chi connectivity index (χ3v) is 1.53. The van der Waals surface area contributed by atoms with E-state index in [0.717, 1.165) is 0 Å². The summed E-state index contributed by atoms with van der Waals surface area (Å²) in [5, 5.41) is 14.1. The summed E-state index contributed by atoms with van der Waals surface area (Å²) in [4.78, 5) is 14.5. The number of hydrogen-bond donors (Lipinski definition) is 0. The number of hydroxylamine groups is 1. The lowest BCUT2D eigenvalue weighted by Crippen LogP contribution is -2.07. The molecular weight excluding hydrogens is 193 g/mol. The summed E-state index contributed by atoms with van der Waals surface area (Å²) in [6.07, 6.45) is -0.719. The number of nitro groups is 1. The van der Waals surface area contributed by atoms with Crippen LogP contribution in [0.1, 0.15) is 0 Å². The van der Waals surface area contributed by atoms with Gasteiger partial charge in [-0.3, -0.25) is 10.1 Å². The Hall–Kier alpha value is -2.18. The molecule has 6 nitrogen and oxygen atoms in total. The van der Waals surface area contributed by atoms with Crippen molar-refractivity contribution in [2.45, 2.75) is 0 Å². The van der Waals surface area contributed by atoms with E-state index in [2.05, 4.69) is 5.10 Å². The molecule has 0 saturated carbocycles. The maximum atomic E-state index is 12.1. The van der Waals surface area contributed by atoms with E-state index in [1.807, 2.05) is 0 Å². The first-order valence-electron chi connectivity index (χ1n) is 3.63. The zero-order chi connectivity index (χ0) is 10.1. The van der Waals surface area contributed by atoms with Crippen LogP contribution in [0.2, 0.25) is 0 Å². The SMILES string of the molecule is O=[N+]([O-])c1ccc(ON2N=C2F)cc1. The molecule has 0 atom stereocenters. The fourth-order valence-corrected chi connectivity index (χ4v) is 0.839. The van der Waals surface area contributed by atoms with Gasteiger partial charge in [0, 0.05) is 12.1 Å². The van der Waals surface area contributed by atoms with E-state index in [1.165, 1.54) is 24.3 Å². The minimum Gasteiger partial charge on any atom is -0.354 e. The van der Waals surface area contributed by atoms with Crippen LogP contribution in [0.3, 0.4) is 0 Å². The first kappa shape index (κ1) is 8.42. The molecule has 72 valence electrons. The molecule has 0 aliphatic carbocycles. The van der Waals surface area contributed by atoms with Crippen molar-refractivity contribution in [1.29, 1.82) is 0 Å². The van der Waals surface area contributed by atoms with Gasteiger partial charge in [0.25, 0.3) is 5.69 Å². The topological polar surface area (TPSA) is 67.7 Å². The van der Waals surface area contributed by atoms with Crippen LogP contribution in [0.4, 0.5) is 10.1 Å². The molecule has 14 heavy (non-hydrogen) atoms. The molecule has 0 unspecified atom stereocenters. The molecule has 1 heterocycles. The van der Waals surface area contributed by atoms with Crippen LogP contribution in [0.25, 0.3) is 0 Å². The van der Waals surface area contributed by atoms with Crippen LogP contribution in [0, 0.1) is 10.1 Å². The van der Waals surface area contributed by atoms with E-state index in [1.54, 1.807) is 0 Å². The second-order valence-corrected chi connectivity index (χ2v) is 2.48. The van der Waals surface area contributed by atoms with E-state index in [4.69, 9.17) is 4.84 Å². The Morgan fingerprint density at radius 1 is 1.43 bits per heavy atom. The fourth-order valence-electron chi connectivity index (χ4n) is 0.839. The molecule has 1 aliphatic rings. The quantitative estimate of drug-likeness (QED) is 0.417. The Morgan fingerprint density at radius 2 is 2.00 bits per heavy atom. The Morgan fingerprint density at radius 3 is 2.43 bits per heavy atom. The second-order valence-electron chi connectivity index (χ2n) is 2.48. The lowest BCUT2D eigenvalue weighted by molar-refractivity contribution is -0.384. The van der Waals surface area contributed by atoms with E-state index < -0.39 is 11.0 Å². The van der Waals surface area contributed by atoms with Crippen molar-refractivity contribution in [2.24, 2.45) is 5.10 Å². The largest absolute Gasteiger partial charge is 0.361 e. The molecule has 0 spiro atoms. The average molecular weight is 197 g/mol.